The zero-order valence-electron chi connectivity index (χ0n) is 16.1. The first-order chi connectivity index (χ1) is 12.7. The Labute approximate surface area is 157 Å². The maximum Gasteiger partial charge on any atom is 0.193 e. The summed E-state index contributed by atoms with van der Waals surface area (Å²) in [5, 5.41) is 7.69. The molecule has 0 spiro atoms. The van der Waals surface area contributed by atoms with E-state index in [0.29, 0.717) is 0 Å². The molecular formula is C21H31N5. The molecular weight excluding hydrogens is 322 g/mol. The van der Waals surface area contributed by atoms with Crippen LogP contribution in [-0.4, -0.2) is 46.8 Å². The predicted octanol–water partition coefficient (Wildman–Crippen LogP) is 2.88. The monoisotopic (exact) mass is 353 g/mol. The second-order valence-corrected chi connectivity index (χ2v) is 7.13. The average molecular weight is 354 g/mol. The first kappa shape index (κ1) is 18.5. The van der Waals surface area contributed by atoms with Gasteiger partial charge in [0.1, 0.15) is 0 Å². The fourth-order valence-electron chi connectivity index (χ4n) is 3.61. The molecule has 0 atom stereocenters. The molecule has 1 saturated heterocycles. The predicted molar refractivity (Wildman–Crippen MR) is 107 cm³/mol. The van der Waals surface area contributed by atoms with Crippen LogP contribution in [0.1, 0.15) is 30.9 Å². The molecule has 1 fully saturated rings. The van der Waals surface area contributed by atoms with Crippen LogP contribution in [-0.2, 0) is 19.9 Å². The summed E-state index contributed by atoms with van der Waals surface area (Å²) in [6, 6.07) is 10.9. The summed E-state index contributed by atoms with van der Waals surface area (Å²) < 4.78 is 1.85. The Hall–Kier alpha value is -2.30. The van der Waals surface area contributed by atoms with E-state index in [9.17, 15) is 0 Å². The van der Waals surface area contributed by atoms with Gasteiger partial charge in [-0.15, -0.1) is 0 Å². The molecule has 1 aromatic carbocycles. The van der Waals surface area contributed by atoms with E-state index >= 15 is 0 Å². The minimum absolute atomic E-state index is 0.784. The van der Waals surface area contributed by atoms with Gasteiger partial charge in [0.2, 0.25) is 0 Å². The van der Waals surface area contributed by atoms with Crippen LogP contribution in [0.25, 0.3) is 0 Å². The van der Waals surface area contributed by atoms with E-state index in [1.165, 1.54) is 30.4 Å². The topological polar surface area (TPSA) is 45.5 Å². The number of nitrogens with one attached hydrogen (secondary N) is 1. The van der Waals surface area contributed by atoms with Crippen molar-refractivity contribution in [1.29, 1.82) is 0 Å². The molecule has 140 valence electrons. The molecule has 0 radical (unpaired) electrons. The minimum Gasteiger partial charge on any atom is -0.357 e. The Balaban J connectivity index is 1.50. The van der Waals surface area contributed by atoms with Crippen molar-refractivity contribution in [2.24, 2.45) is 18.0 Å². The third kappa shape index (κ3) is 5.35. The van der Waals surface area contributed by atoms with Crippen molar-refractivity contribution in [2.45, 2.75) is 32.6 Å². The number of likely N-dealkylation sites (tertiary alicyclic amines) is 1. The Bertz CT molecular complexity index is 683. The Morgan fingerprint density at radius 1 is 1.19 bits per heavy atom. The van der Waals surface area contributed by atoms with Crippen LogP contribution < -0.4 is 5.32 Å². The first-order valence-corrected chi connectivity index (χ1v) is 9.79. The molecule has 0 amide bonds. The summed E-state index contributed by atoms with van der Waals surface area (Å²) in [6.07, 6.45) is 8.61. The number of guanidine groups is 1. The molecule has 26 heavy (non-hydrogen) atoms. The van der Waals surface area contributed by atoms with E-state index in [1.54, 1.807) is 0 Å². The van der Waals surface area contributed by atoms with Gasteiger partial charge in [-0.3, -0.25) is 9.67 Å². The van der Waals surface area contributed by atoms with Gasteiger partial charge in [0.05, 0.1) is 6.20 Å². The lowest BCUT2D eigenvalue weighted by molar-refractivity contribution is 0.259. The summed E-state index contributed by atoms with van der Waals surface area (Å²) in [6.45, 7) is 6.04. The van der Waals surface area contributed by atoms with Gasteiger partial charge in [-0.1, -0.05) is 30.3 Å². The molecule has 0 aliphatic carbocycles. The van der Waals surface area contributed by atoms with Crippen molar-refractivity contribution < 1.29 is 0 Å². The van der Waals surface area contributed by atoms with E-state index in [1.807, 2.05) is 17.9 Å². The molecule has 0 unspecified atom stereocenters. The lowest BCUT2D eigenvalue weighted by Crippen LogP contribution is -2.46. The van der Waals surface area contributed by atoms with Gasteiger partial charge in [0.15, 0.2) is 5.96 Å². The van der Waals surface area contributed by atoms with Gasteiger partial charge in [0, 0.05) is 39.4 Å². The van der Waals surface area contributed by atoms with E-state index in [4.69, 9.17) is 4.99 Å². The molecule has 2 aromatic rings. The second kappa shape index (κ2) is 9.41. The highest BCUT2D eigenvalue weighted by Gasteiger charge is 2.21. The maximum atomic E-state index is 4.85. The summed E-state index contributed by atoms with van der Waals surface area (Å²) in [4.78, 5) is 7.27. The number of aliphatic imine (C=N–C) groups is 1. The smallest absolute Gasteiger partial charge is 0.193 e. The highest BCUT2D eigenvalue weighted by molar-refractivity contribution is 5.80. The van der Waals surface area contributed by atoms with Gasteiger partial charge in [-0.2, -0.15) is 5.10 Å². The highest BCUT2D eigenvalue weighted by Crippen LogP contribution is 2.21. The first-order valence-electron chi connectivity index (χ1n) is 9.79. The number of benzene rings is 1. The molecule has 0 saturated carbocycles. The molecule has 5 nitrogen and oxygen atoms in total. The van der Waals surface area contributed by atoms with Gasteiger partial charge < -0.3 is 10.2 Å². The molecule has 1 aliphatic heterocycles. The van der Waals surface area contributed by atoms with Gasteiger partial charge >= 0.3 is 0 Å². The molecule has 5 heteroatoms. The number of piperidine rings is 1. The largest absolute Gasteiger partial charge is 0.357 e. The molecule has 0 bridgehead atoms. The van der Waals surface area contributed by atoms with Gasteiger partial charge in [0.25, 0.3) is 0 Å². The summed E-state index contributed by atoms with van der Waals surface area (Å²) in [7, 11) is 1.95. The Morgan fingerprint density at radius 3 is 2.62 bits per heavy atom. The van der Waals surface area contributed by atoms with E-state index in [-0.39, 0.29) is 0 Å². The van der Waals surface area contributed by atoms with Gasteiger partial charge in [-0.05, 0) is 49.7 Å². The normalized spacial score (nSPS) is 16.1. The standard InChI is InChI=1S/C21H31N5/c1-3-22-21(23-12-9-20-16-24-25(2)17-20)26-13-10-19(11-14-26)15-18-7-5-4-6-8-18/h4-8,16-17,19H,3,9-15H2,1-2H3,(H,22,23). The number of hydrogen-bond acceptors (Lipinski definition) is 2. The maximum absolute atomic E-state index is 4.85. The lowest BCUT2D eigenvalue weighted by atomic mass is 9.90. The van der Waals surface area contributed by atoms with E-state index in [2.05, 4.69) is 58.8 Å². The average Bonchev–Trinajstić information content (AvgIpc) is 3.08. The van der Waals surface area contributed by atoms with E-state index < -0.39 is 0 Å². The Kier molecular flexibility index (Phi) is 6.69. The summed E-state index contributed by atoms with van der Waals surface area (Å²) in [5.41, 5.74) is 2.71. The molecule has 1 N–H and O–H groups in total. The van der Waals surface area contributed by atoms with Crippen molar-refractivity contribution in [3.8, 4) is 0 Å². The SMILES string of the molecule is CCNC(=NCCc1cnn(C)c1)N1CCC(Cc2ccccc2)CC1. The summed E-state index contributed by atoms with van der Waals surface area (Å²) in [5.74, 6) is 1.85. The lowest BCUT2D eigenvalue weighted by Gasteiger charge is -2.34. The molecule has 3 rings (SSSR count). The Morgan fingerprint density at radius 2 is 1.96 bits per heavy atom. The highest BCUT2D eigenvalue weighted by atomic mass is 15.3. The van der Waals surface area contributed by atoms with Crippen molar-refractivity contribution >= 4 is 5.96 Å². The fraction of sp³-hybridized carbons (Fsp3) is 0.524. The number of aryl methyl sites for hydroxylation is 1. The van der Waals surface area contributed by atoms with Crippen molar-refractivity contribution in [2.75, 3.05) is 26.2 Å². The van der Waals surface area contributed by atoms with Crippen LogP contribution in [0.2, 0.25) is 0 Å². The fourth-order valence-corrected chi connectivity index (χ4v) is 3.61. The van der Waals surface area contributed by atoms with E-state index in [0.717, 1.165) is 44.5 Å². The van der Waals surface area contributed by atoms with Gasteiger partial charge in [-0.25, -0.2) is 0 Å². The van der Waals surface area contributed by atoms with Crippen LogP contribution >= 0.6 is 0 Å². The van der Waals surface area contributed by atoms with Crippen molar-refractivity contribution in [1.82, 2.24) is 20.0 Å². The van der Waals surface area contributed by atoms with Crippen molar-refractivity contribution in [3.05, 3.63) is 53.9 Å². The van der Waals surface area contributed by atoms with Crippen molar-refractivity contribution in [3.63, 3.8) is 0 Å². The third-order valence-electron chi connectivity index (χ3n) is 5.04. The second-order valence-electron chi connectivity index (χ2n) is 7.13. The van der Waals surface area contributed by atoms with Crippen LogP contribution in [0.3, 0.4) is 0 Å². The number of nitrogens with zero attached hydrogens (tertiary/aromatic N) is 4. The van der Waals surface area contributed by atoms with Crippen LogP contribution in [0, 0.1) is 5.92 Å². The number of rotatable bonds is 6. The number of hydrogen-bond donors (Lipinski definition) is 1. The zero-order chi connectivity index (χ0) is 18.2. The van der Waals surface area contributed by atoms with Crippen LogP contribution in [0.15, 0.2) is 47.7 Å². The zero-order valence-corrected chi connectivity index (χ0v) is 16.1. The molecule has 1 aliphatic rings. The molecule has 2 heterocycles. The third-order valence-corrected chi connectivity index (χ3v) is 5.04. The number of aromatic nitrogens is 2. The quantitative estimate of drug-likeness (QED) is 0.642. The van der Waals surface area contributed by atoms with Crippen LogP contribution in [0.5, 0.6) is 0 Å². The molecule has 1 aromatic heterocycles. The van der Waals surface area contributed by atoms with Crippen LogP contribution in [0.4, 0.5) is 0 Å². The summed E-state index contributed by atoms with van der Waals surface area (Å²) >= 11 is 0. The minimum atomic E-state index is 0.784.